The number of guanidine groups is 1. The molecule has 0 bridgehead atoms. The summed E-state index contributed by atoms with van der Waals surface area (Å²) in [6.45, 7) is 1.84. The van der Waals surface area contributed by atoms with Crippen molar-refractivity contribution in [3.05, 3.63) is 90.0 Å². The van der Waals surface area contributed by atoms with E-state index in [1.807, 2.05) is 49.4 Å². The molecule has 156 valence electrons. The summed E-state index contributed by atoms with van der Waals surface area (Å²) in [6, 6.07) is 24.0. The largest absolute Gasteiger partial charge is 0.294 e. The van der Waals surface area contributed by atoms with Gasteiger partial charge >= 0.3 is 0 Å². The summed E-state index contributed by atoms with van der Waals surface area (Å²) in [5.74, 6) is -0.280. The van der Waals surface area contributed by atoms with Crippen LogP contribution in [0.15, 0.2) is 88.9 Å². The lowest BCUT2D eigenvalue weighted by Gasteiger charge is -2.02. The molecule has 3 rings (SSSR count). The minimum Gasteiger partial charge on any atom is -0.288 e. The minimum absolute atomic E-state index is 0.0666. The van der Waals surface area contributed by atoms with E-state index in [1.165, 1.54) is 12.1 Å². The van der Waals surface area contributed by atoms with Crippen molar-refractivity contribution in [3.63, 3.8) is 0 Å². The molecule has 0 aliphatic carbocycles. The maximum atomic E-state index is 10.5. The van der Waals surface area contributed by atoms with Crippen LogP contribution in [0.4, 0.5) is 0 Å². The molecular weight excluding hydrogens is 404 g/mol. The van der Waals surface area contributed by atoms with Crippen molar-refractivity contribution in [1.82, 2.24) is 10.9 Å². The maximum Gasteiger partial charge on any atom is 0.294 e. The van der Waals surface area contributed by atoms with Crippen LogP contribution in [0.25, 0.3) is 11.1 Å². The van der Waals surface area contributed by atoms with Crippen LogP contribution in [0.2, 0.25) is 0 Å². The van der Waals surface area contributed by atoms with Gasteiger partial charge in [-0.15, -0.1) is 0 Å². The Morgan fingerprint density at radius 3 is 2.03 bits per heavy atom. The van der Waals surface area contributed by atoms with Crippen molar-refractivity contribution in [2.45, 2.75) is 11.8 Å². The summed E-state index contributed by atoms with van der Waals surface area (Å²) in [7, 11) is -4.02. The third-order valence-electron chi connectivity index (χ3n) is 3.84. The summed E-state index contributed by atoms with van der Waals surface area (Å²) < 4.78 is 29.6. The Morgan fingerprint density at radius 2 is 1.50 bits per heavy atom. The molecule has 0 saturated heterocycles. The molecule has 0 radical (unpaired) electrons. The molecule has 5 N–H and O–H groups in total. The summed E-state index contributed by atoms with van der Waals surface area (Å²) >= 11 is 0. The Balaban J connectivity index is 0.000000248. The summed E-state index contributed by atoms with van der Waals surface area (Å²) in [5, 5.41) is 19.2. The van der Waals surface area contributed by atoms with Gasteiger partial charge in [0.2, 0.25) is 5.96 Å². The number of benzene rings is 3. The van der Waals surface area contributed by atoms with Crippen LogP contribution in [-0.4, -0.2) is 30.4 Å². The Hall–Kier alpha value is -3.53. The monoisotopic (exact) mass is 426 g/mol. The van der Waals surface area contributed by atoms with Gasteiger partial charge in [0.05, 0.1) is 11.1 Å². The zero-order valence-electron chi connectivity index (χ0n) is 16.1. The number of nitrogens with zero attached hydrogens (tertiary/aromatic N) is 1. The Kier molecular flexibility index (Phi) is 8.24. The van der Waals surface area contributed by atoms with Gasteiger partial charge in [-0.2, -0.15) is 13.5 Å². The first-order chi connectivity index (χ1) is 14.3. The second kappa shape index (κ2) is 10.9. The first-order valence-corrected chi connectivity index (χ1v) is 10.2. The van der Waals surface area contributed by atoms with Crippen LogP contribution in [-0.2, 0) is 10.1 Å². The molecule has 0 spiro atoms. The molecule has 0 amide bonds. The van der Waals surface area contributed by atoms with Gasteiger partial charge in [-0.05, 0) is 35.7 Å². The quantitative estimate of drug-likeness (QED) is 0.188. The highest BCUT2D eigenvalue weighted by Crippen LogP contribution is 2.18. The first-order valence-electron chi connectivity index (χ1n) is 8.77. The smallest absolute Gasteiger partial charge is 0.288 e. The van der Waals surface area contributed by atoms with E-state index in [1.54, 1.807) is 23.8 Å². The molecule has 0 heterocycles. The number of hydrazone groups is 1. The predicted octanol–water partition coefficient (Wildman–Crippen LogP) is 3.43. The highest BCUT2D eigenvalue weighted by atomic mass is 32.2. The number of rotatable bonds is 4. The fraction of sp³-hybridized carbons (Fsp3) is 0.0476. The van der Waals surface area contributed by atoms with Gasteiger partial charge < -0.3 is 0 Å². The topological polar surface area (TPSA) is 135 Å². The van der Waals surface area contributed by atoms with Crippen LogP contribution in [0.1, 0.15) is 11.1 Å². The molecule has 9 heteroatoms. The highest BCUT2D eigenvalue weighted by molar-refractivity contribution is 7.85. The molecule has 0 fully saturated rings. The fourth-order valence-electron chi connectivity index (χ4n) is 2.30. The lowest BCUT2D eigenvalue weighted by atomic mass is 10.0. The van der Waals surface area contributed by atoms with E-state index in [-0.39, 0.29) is 10.9 Å². The van der Waals surface area contributed by atoms with Gasteiger partial charge in [0.25, 0.3) is 10.1 Å². The first kappa shape index (κ1) is 22.8. The van der Waals surface area contributed by atoms with Gasteiger partial charge in [-0.3, -0.25) is 15.2 Å². The van der Waals surface area contributed by atoms with Crippen molar-refractivity contribution < 1.29 is 18.2 Å². The molecular formula is C21H22N4O4S. The van der Waals surface area contributed by atoms with Crippen molar-refractivity contribution in [2.75, 3.05) is 0 Å². The van der Waals surface area contributed by atoms with E-state index in [0.717, 1.165) is 22.3 Å². The van der Waals surface area contributed by atoms with E-state index in [9.17, 15) is 8.42 Å². The zero-order valence-corrected chi connectivity index (χ0v) is 17.0. The van der Waals surface area contributed by atoms with E-state index in [4.69, 9.17) is 15.2 Å². The molecule has 8 nitrogen and oxygen atoms in total. The summed E-state index contributed by atoms with van der Waals surface area (Å²) in [5.41, 5.74) is 8.11. The zero-order chi connectivity index (χ0) is 22.0. The van der Waals surface area contributed by atoms with Gasteiger partial charge in [0.15, 0.2) is 0 Å². The number of hydroxylamine groups is 1. The molecule has 0 aliphatic rings. The summed E-state index contributed by atoms with van der Waals surface area (Å²) in [4.78, 5) is -0.0666. The average Bonchev–Trinajstić information content (AvgIpc) is 2.75. The number of nitrogens with one attached hydrogen (secondary N) is 3. The predicted molar refractivity (Wildman–Crippen MR) is 116 cm³/mol. The second-order valence-electron chi connectivity index (χ2n) is 6.13. The normalized spacial score (nSPS) is 10.8. The van der Waals surface area contributed by atoms with Crippen molar-refractivity contribution in [2.24, 2.45) is 5.10 Å². The van der Waals surface area contributed by atoms with E-state index < -0.39 is 10.1 Å². The van der Waals surface area contributed by atoms with Crippen LogP contribution in [0.3, 0.4) is 0 Å². The van der Waals surface area contributed by atoms with Gasteiger partial charge in [-0.25, -0.2) is 10.9 Å². The maximum absolute atomic E-state index is 10.5. The lowest BCUT2D eigenvalue weighted by molar-refractivity contribution is 0.228. The molecule has 0 unspecified atom stereocenters. The van der Waals surface area contributed by atoms with E-state index in [2.05, 4.69) is 22.7 Å². The summed E-state index contributed by atoms with van der Waals surface area (Å²) in [6.07, 6.45) is 1.57. The fourth-order valence-corrected chi connectivity index (χ4v) is 2.78. The van der Waals surface area contributed by atoms with Gasteiger partial charge in [-0.1, -0.05) is 72.3 Å². The number of hydrogen-bond acceptors (Lipinski definition) is 5. The minimum atomic E-state index is -4.02. The third kappa shape index (κ3) is 7.47. The Labute approximate surface area is 175 Å². The van der Waals surface area contributed by atoms with Crippen LogP contribution in [0, 0.1) is 12.3 Å². The highest BCUT2D eigenvalue weighted by Gasteiger charge is 2.06. The van der Waals surface area contributed by atoms with Crippen LogP contribution < -0.4 is 10.9 Å². The molecule has 30 heavy (non-hydrogen) atoms. The van der Waals surface area contributed by atoms with E-state index >= 15 is 0 Å². The molecule has 0 aliphatic heterocycles. The molecule has 0 saturated carbocycles. The number of hydrogen-bond donors (Lipinski definition) is 5. The van der Waals surface area contributed by atoms with Crippen LogP contribution in [0.5, 0.6) is 0 Å². The van der Waals surface area contributed by atoms with Crippen molar-refractivity contribution in [3.8, 4) is 11.1 Å². The molecule has 0 atom stereocenters. The Morgan fingerprint density at radius 1 is 0.933 bits per heavy atom. The average molecular weight is 426 g/mol. The van der Waals surface area contributed by atoms with Crippen LogP contribution >= 0.6 is 0 Å². The molecule has 0 aromatic heterocycles. The molecule has 3 aromatic carbocycles. The Bertz CT molecular complexity index is 1080. The van der Waals surface area contributed by atoms with Crippen molar-refractivity contribution in [1.29, 1.82) is 5.41 Å². The SMILES string of the molecule is Cc1ccc(S(=O)(=O)O)cc1.N=C(NO)NN=Cc1ccc(-c2ccccc2)cc1. The lowest BCUT2D eigenvalue weighted by Crippen LogP contribution is -2.30. The third-order valence-corrected chi connectivity index (χ3v) is 4.71. The van der Waals surface area contributed by atoms with Crippen molar-refractivity contribution >= 4 is 22.3 Å². The van der Waals surface area contributed by atoms with Gasteiger partial charge in [0, 0.05) is 0 Å². The second-order valence-corrected chi connectivity index (χ2v) is 7.55. The molecule has 3 aromatic rings. The standard InChI is InChI=1S/C14H14N4O.C7H8O3S/c15-14(18-19)17-16-10-11-6-8-13(9-7-11)12-4-2-1-3-5-12;1-6-2-4-7(5-3-6)11(8,9)10/h1-10,19H,(H3,15,17,18);2-5H,1H3,(H,8,9,10). The number of aryl methyl sites for hydroxylation is 1. The van der Waals surface area contributed by atoms with Gasteiger partial charge in [0.1, 0.15) is 0 Å². The van der Waals surface area contributed by atoms with E-state index in [0.29, 0.717) is 0 Å².